The van der Waals surface area contributed by atoms with Gasteiger partial charge in [-0.05, 0) is 13.3 Å². The Morgan fingerprint density at radius 1 is 1.11 bits per heavy atom. The molecule has 0 aliphatic carbocycles. The fourth-order valence-electron chi connectivity index (χ4n) is 2.60. The van der Waals surface area contributed by atoms with Gasteiger partial charge in [0.05, 0.1) is 0 Å². The van der Waals surface area contributed by atoms with Crippen LogP contribution >= 0.6 is 0 Å². The first-order chi connectivity index (χ1) is 8.75. The van der Waals surface area contributed by atoms with E-state index in [1.807, 2.05) is 6.92 Å². The third kappa shape index (κ3) is 4.69. The molecule has 0 aromatic heterocycles. The molecule has 0 atom stereocenters. The van der Waals surface area contributed by atoms with Crippen LogP contribution in [0.25, 0.3) is 0 Å². The van der Waals surface area contributed by atoms with E-state index in [2.05, 4.69) is 6.92 Å². The Kier molecular flexibility index (Phi) is 7.52. The molecule has 1 aliphatic heterocycles. The minimum absolute atomic E-state index is 0.296. The molecular formula is C15H28O3. The summed E-state index contributed by atoms with van der Waals surface area (Å²) in [6, 6.07) is 0. The van der Waals surface area contributed by atoms with Crippen molar-refractivity contribution in [3.05, 3.63) is 0 Å². The topological polar surface area (TPSA) is 35.5 Å². The van der Waals surface area contributed by atoms with Gasteiger partial charge in [0, 0.05) is 39.1 Å². The van der Waals surface area contributed by atoms with Gasteiger partial charge in [-0.15, -0.1) is 0 Å². The second-order valence-electron chi connectivity index (χ2n) is 5.13. The number of Topliss-reactive ketones (excluding diaryl/α,β-unsaturated/α-hetero) is 1. The SMILES string of the molecule is CCCCCCCC(=O)C1(OCC)CCOCC1. The van der Waals surface area contributed by atoms with Crippen LogP contribution in [-0.4, -0.2) is 31.2 Å². The smallest absolute Gasteiger partial charge is 0.164 e. The standard InChI is InChI=1S/C15H28O3/c1-3-5-6-7-8-9-14(16)15(18-4-2)10-12-17-13-11-15/h3-13H2,1-2H3. The predicted octanol–water partition coefficient (Wildman–Crippen LogP) is 3.50. The van der Waals surface area contributed by atoms with Gasteiger partial charge in [0.15, 0.2) is 5.78 Å². The molecule has 1 aliphatic rings. The molecule has 0 aromatic rings. The summed E-state index contributed by atoms with van der Waals surface area (Å²) < 4.78 is 11.1. The number of hydrogen-bond donors (Lipinski definition) is 0. The molecule has 0 bridgehead atoms. The maximum absolute atomic E-state index is 12.4. The van der Waals surface area contributed by atoms with Crippen molar-refractivity contribution in [3.63, 3.8) is 0 Å². The van der Waals surface area contributed by atoms with Gasteiger partial charge in [0.2, 0.25) is 0 Å². The summed E-state index contributed by atoms with van der Waals surface area (Å²) >= 11 is 0. The van der Waals surface area contributed by atoms with Crippen LogP contribution in [0.5, 0.6) is 0 Å². The third-order valence-corrected chi connectivity index (χ3v) is 3.74. The molecule has 0 aromatic carbocycles. The lowest BCUT2D eigenvalue weighted by atomic mass is 9.86. The summed E-state index contributed by atoms with van der Waals surface area (Å²) in [5, 5.41) is 0. The van der Waals surface area contributed by atoms with Gasteiger partial charge in [-0.3, -0.25) is 4.79 Å². The number of rotatable bonds is 9. The van der Waals surface area contributed by atoms with Crippen molar-refractivity contribution in [2.75, 3.05) is 19.8 Å². The van der Waals surface area contributed by atoms with Crippen LogP contribution in [0.4, 0.5) is 0 Å². The maximum atomic E-state index is 12.4. The largest absolute Gasteiger partial charge is 0.381 e. The zero-order valence-corrected chi connectivity index (χ0v) is 12.0. The molecule has 0 spiro atoms. The molecular weight excluding hydrogens is 228 g/mol. The Morgan fingerprint density at radius 3 is 2.39 bits per heavy atom. The van der Waals surface area contributed by atoms with Gasteiger partial charge in [0.25, 0.3) is 0 Å². The highest BCUT2D eigenvalue weighted by Gasteiger charge is 2.39. The maximum Gasteiger partial charge on any atom is 0.164 e. The fourth-order valence-corrected chi connectivity index (χ4v) is 2.60. The van der Waals surface area contributed by atoms with Crippen molar-refractivity contribution in [3.8, 4) is 0 Å². The van der Waals surface area contributed by atoms with Crippen LogP contribution in [0.3, 0.4) is 0 Å². The quantitative estimate of drug-likeness (QED) is 0.592. The predicted molar refractivity (Wildman–Crippen MR) is 72.8 cm³/mol. The van der Waals surface area contributed by atoms with Gasteiger partial charge in [-0.25, -0.2) is 0 Å². The average molecular weight is 256 g/mol. The van der Waals surface area contributed by atoms with Crippen LogP contribution < -0.4 is 0 Å². The lowest BCUT2D eigenvalue weighted by molar-refractivity contribution is -0.157. The van der Waals surface area contributed by atoms with Crippen LogP contribution in [0.1, 0.15) is 65.2 Å². The molecule has 0 amide bonds. The summed E-state index contributed by atoms with van der Waals surface area (Å²) in [7, 11) is 0. The molecule has 0 unspecified atom stereocenters. The molecule has 0 saturated carbocycles. The van der Waals surface area contributed by atoms with Crippen molar-refractivity contribution in [1.29, 1.82) is 0 Å². The Morgan fingerprint density at radius 2 is 1.78 bits per heavy atom. The first-order valence-corrected chi connectivity index (χ1v) is 7.50. The molecule has 18 heavy (non-hydrogen) atoms. The molecule has 106 valence electrons. The Hall–Kier alpha value is -0.410. The molecule has 1 rings (SSSR count). The number of hydrogen-bond acceptors (Lipinski definition) is 3. The van der Waals surface area contributed by atoms with E-state index in [0.717, 1.165) is 25.7 Å². The van der Waals surface area contributed by atoms with Crippen molar-refractivity contribution >= 4 is 5.78 Å². The van der Waals surface area contributed by atoms with E-state index in [9.17, 15) is 4.79 Å². The number of carbonyl (C=O) groups is 1. The zero-order valence-electron chi connectivity index (χ0n) is 12.0. The van der Waals surface area contributed by atoms with Gasteiger partial charge in [-0.2, -0.15) is 0 Å². The summed E-state index contributed by atoms with van der Waals surface area (Å²) in [4.78, 5) is 12.4. The van der Waals surface area contributed by atoms with Crippen molar-refractivity contribution < 1.29 is 14.3 Å². The monoisotopic (exact) mass is 256 g/mol. The highest BCUT2D eigenvalue weighted by molar-refractivity contribution is 5.87. The van der Waals surface area contributed by atoms with Gasteiger partial charge in [0.1, 0.15) is 5.60 Å². The average Bonchev–Trinajstić information content (AvgIpc) is 2.39. The molecule has 3 heteroatoms. The van der Waals surface area contributed by atoms with E-state index in [-0.39, 0.29) is 0 Å². The Balaban J connectivity index is 2.35. The third-order valence-electron chi connectivity index (χ3n) is 3.74. The number of carbonyl (C=O) groups excluding carboxylic acids is 1. The van der Waals surface area contributed by atoms with Crippen molar-refractivity contribution in [2.45, 2.75) is 70.8 Å². The molecule has 1 fully saturated rings. The zero-order chi connectivity index (χ0) is 13.3. The summed E-state index contributed by atoms with van der Waals surface area (Å²) in [5.41, 5.74) is -0.530. The van der Waals surface area contributed by atoms with Crippen molar-refractivity contribution in [1.82, 2.24) is 0 Å². The van der Waals surface area contributed by atoms with Gasteiger partial charge >= 0.3 is 0 Å². The molecule has 0 radical (unpaired) electrons. The first-order valence-electron chi connectivity index (χ1n) is 7.50. The number of ketones is 1. The number of ether oxygens (including phenoxy) is 2. The number of unbranched alkanes of at least 4 members (excludes halogenated alkanes) is 4. The summed E-state index contributed by atoms with van der Waals surface area (Å²) in [5.74, 6) is 0.296. The fraction of sp³-hybridized carbons (Fsp3) is 0.933. The molecule has 1 heterocycles. The van der Waals surface area contributed by atoms with Gasteiger partial charge < -0.3 is 9.47 Å². The lowest BCUT2D eigenvalue weighted by Crippen LogP contribution is -2.46. The second kappa shape index (κ2) is 8.65. The first kappa shape index (κ1) is 15.6. The molecule has 3 nitrogen and oxygen atoms in total. The normalized spacial score (nSPS) is 18.8. The highest BCUT2D eigenvalue weighted by Crippen LogP contribution is 2.28. The summed E-state index contributed by atoms with van der Waals surface area (Å²) in [6.07, 6.45) is 8.07. The highest BCUT2D eigenvalue weighted by atomic mass is 16.5. The van der Waals surface area contributed by atoms with Gasteiger partial charge in [-0.1, -0.05) is 32.6 Å². The van der Waals surface area contributed by atoms with Crippen LogP contribution in [0, 0.1) is 0 Å². The van der Waals surface area contributed by atoms with E-state index in [4.69, 9.17) is 9.47 Å². The van der Waals surface area contributed by atoms with E-state index in [1.165, 1.54) is 19.3 Å². The van der Waals surface area contributed by atoms with Crippen molar-refractivity contribution in [2.24, 2.45) is 0 Å². The van der Waals surface area contributed by atoms with E-state index >= 15 is 0 Å². The van der Waals surface area contributed by atoms with Crippen LogP contribution in [0.2, 0.25) is 0 Å². The molecule has 0 N–H and O–H groups in total. The Bertz CT molecular complexity index is 226. The Labute approximate surface area is 111 Å². The lowest BCUT2D eigenvalue weighted by Gasteiger charge is -2.35. The molecule has 1 saturated heterocycles. The van der Waals surface area contributed by atoms with E-state index < -0.39 is 5.60 Å². The van der Waals surface area contributed by atoms with E-state index in [0.29, 0.717) is 32.0 Å². The minimum atomic E-state index is -0.530. The summed E-state index contributed by atoms with van der Waals surface area (Å²) in [6.45, 7) is 6.09. The van der Waals surface area contributed by atoms with E-state index in [1.54, 1.807) is 0 Å². The minimum Gasteiger partial charge on any atom is -0.381 e. The second-order valence-corrected chi connectivity index (χ2v) is 5.13. The van der Waals surface area contributed by atoms with Crippen LogP contribution in [-0.2, 0) is 14.3 Å². The van der Waals surface area contributed by atoms with Crippen LogP contribution in [0.15, 0.2) is 0 Å².